The summed E-state index contributed by atoms with van der Waals surface area (Å²) < 4.78 is 5.66. The summed E-state index contributed by atoms with van der Waals surface area (Å²) in [5.74, 6) is -0.536. The van der Waals surface area contributed by atoms with Crippen LogP contribution in [0.3, 0.4) is 0 Å². The Morgan fingerprint density at radius 1 is 1.00 bits per heavy atom. The van der Waals surface area contributed by atoms with Crippen molar-refractivity contribution in [3.8, 4) is 11.1 Å². The maximum atomic E-state index is 13.0. The lowest BCUT2D eigenvalue weighted by atomic mass is 9.98. The highest BCUT2D eigenvalue weighted by Crippen LogP contribution is 2.63. The molecule has 1 unspecified atom stereocenters. The molecule has 2 aromatic carbocycles. The van der Waals surface area contributed by atoms with E-state index in [9.17, 15) is 19.5 Å². The van der Waals surface area contributed by atoms with E-state index in [-0.39, 0.29) is 30.4 Å². The Hall–Kier alpha value is -3.35. The number of ether oxygens (including phenoxy) is 1. The Morgan fingerprint density at radius 2 is 1.66 bits per heavy atom. The number of carboxylic acid groups (broad SMARTS) is 1. The van der Waals surface area contributed by atoms with Crippen LogP contribution < -0.4 is 10.6 Å². The number of carbonyl (C=O) groups excluding carboxylic acids is 2. The average Bonchev–Trinajstić information content (AvgIpc) is 3.74. The van der Waals surface area contributed by atoms with E-state index >= 15 is 0 Å². The lowest BCUT2D eigenvalue weighted by molar-refractivity contribution is -0.143. The number of aliphatic carboxylic acids is 1. The Morgan fingerprint density at radius 3 is 2.29 bits per heavy atom. The molecule has 0 spiro atoms. The summed E-state index contributed by atoms with van der Waals surface area (Å²) in [6.45, 7) is 0.253. The van der Waals surface area contributed by atoms with Crippen LogP contribution >= 0.6 is 0 Å². The molecular formula is C28H30N2O5. The molecule has 4 aliphatic rings. The van der Waals surface area contributed by atoms with Gasteiger partial charge < -0.3 is 20.5 Å². The van der Waals surface area contributed by atoms with Crippen LogP contribution in [0.5, 0.6) is 0 Å². The number of alkyl carbamates (subject to hydrolysis) is 1. The second kappa shape index (κ2) is 8.40. The van der Waals surface area contributed by atoms with Gasteiger partial charge in [-0.3, -0.25) is 4.79 Å². The first-order chi connectivity index (χ1) is 16.9. The first kappa shape index (κ1) is 22.1. The van der Waals surface area contributed by atoms with Gasteiger partial charge in [-0.15, -0.1) is 0 Å². The van der Waals surface area contributed by atoms with E-state index in [1.165, 1.54) is 22.3 Å². The normalized spacial score (nSPS) is 26.7. The van der Waals surface area contributed by atoms with E-state index < -0.39 is 23.5 Å². The smallest absolute Gasteiger partial charge is 0.407 e. The van der Waals surface area contributed by atoms with Gasteiger partial charge in [0.1, 0.15) is 12.6 Å². The summed E-state index contributed by atoms with van der Waals surface area (Å²) in [5.41, 5.74) is 4.15. The SMILES string of the molecule is O=C(N[C@H]1C[C@@H]2C[C@]2(C(=O)NC(CC2CC2)C(=O)O)C1)OCC1c2ccccc2-c2ccccc21. The van der Waals surface area contributed by atoms with Gasteiger partial charge in [-0.2, -0.15) is 0 Å². The molecule has 6 rings (SSSR count). The second-order valence-corrected chi connectivity index (χ2v) is 10.7. The Bertz CT molecular complexity index is 1150. The van der Waals surface area contributed by atoms with Crippen molar-refractivity contribution in [2.45, 2.75) is 56.5 Å². The number of amides is 2. The van der Waals surface area contributed by atoms with Gasteiger partial charge in [0.15, 0.2) is 0 Å². The molecule has 4 aliphatic carbocycles. The van der Waals surface area contributed by atoms with Crippen LogP contribution in [0.1, 0.15) is 55.6 Å². The van der Waals surface area contributed by atoms with Crippen LogP contribution in [0.2, 0.25) is 0 Å². The van der Waals surface area contributed by atoms with E-state index in [1.807, 2.05) is 24.3 Å². The molecule has 0 heterocycles. The highest BCUT2D eigenvalue weighted by molar-refractivity contribution is 5.90. The van der Waals surface area contributed by atoms with E-state index in [0.29, 0.717) is 18.8 Å². The summed E-state index contributed by atoms with van der Waals surface area (Å²) in [6.07, 6.45) is 4.13. The highest BCUT2D eigenvalue weighted by atomic mass is 16.5. The zero-order chi connectivity index (χ0) is 24.2. The Kier molecular flexibility index (Phi) is 5.31. The van der Waals surface area contributed by atoms with Crippen molar-refractivity contribution in [3.05, 3.63) is 59.7 Å². The average molecular weight is 475 g/mol. The second-order valence-electron chi connectivity index (χ2n) is 10.7. The number of carboxylic acids is 1. The number of hydrogen-bond donors (Lipinski definition) is 3. The maximum Gasteiger partial charge on any atom is 0.407 e. The fourth-order valence-electron chi connectivity index (χ4n) is 6.30. The van der Waals surface area contributed by atoms with Crippen LogP contribution in [-0.4, -0.2) is 41.8 Å². The minimum absolute atomic E-state index is 0.00155. The Balaban J connectivity index is 1.04. The topological polar surface area (TPSA) is 105 Å². The van der Waals surface area contributed by atoms with Gasteiger partial charge in [0.05, 0.1) is 5.41 Å². The van der Waals surface area contributed by atoms with Gasteiger partial charge in [0.25, 0.3) is 0 Å². The first-order valence-electron chi connectivity index (χ1n) is 12.6. The summed E-state index contributed by atoms with van der Waals surface area (Å²) in [4.78, 5) is 37.2. The van der Waals surface area contributed by atoms with Gasteiger partial charge in [-0.25, -0.2) is 9.59 Å². The van der Waals surface area contributed by atoms with Crippen molar-refractivity contribution in [1.82, 2.24) is 10.6 Å². The molecule has 7 nitrogen and oxygen atoms in total. The van der Waals surface area contributed by atoms with Crippen molar-refractivity contribution in [2.75, 3.05) is 6.61 Å². The van der Waals surface area contributed by atoms with E-state index in [4.69, 9.17) is 4.74 Å². The van der Waals surface area contributed by atoms with Gasteiger partial charge in [-0.1, -0.05) is 61.4 Å². The summed E-state index contributed by atoms with van der Waals surface area (Å²) in [6, 6.07) is 15.5. The molecule has 0 saturated heterocycles. The van der Waals surface area contributed by atoms with Crippen LogP contribution in [0.25, 0.3) is 11.1 Å². The zero-order valence-electron chi connectivity index (χ0n) is 19.5. The minimum atomic E-state index is -0.967. The first-order valence-corrected chi connectivity index (χ1v) is 12.6. The molecule has 0 radical (unpaired) electrons. The Labute approximate surface area is 204 Å². The molecule has 2 amide bonds. The number of fused-ring (bicyclic) bond motifs is 4. The van der Waals surface area contributed by atoms with E-state index in [1.54, 1.807) is 0 Å². The monoisotopic (exact) mass is 474 g/mol. The standard InChI is InChI=1S/C28H30N2O5/c31-25(32)24(11-16-9-10-16)30-26(33)28-13-17(28)12-18(14-28)29-27(34)35-15-23-21-7-3-1-5-19(21)20-6-2-4-8-22(20)23/h1-8,16-18,23-24H,9-15H2,(H,29,34)(H,30,33)(H,31,32)/t17-,18+,24?,28+/m1/s1. The van der Waals surface area contributed by atoms with Crippen molar-refractivity contribution in [1.29, 1.82) is 0 Å². The number of hydrogen-bond acceptors (Lipinski definition) is 4. The number of rotatable bonds is 8. The summed E-state index contributed by atoms with van der Waals surface area (Å²) >= 11 is 0. The fourth-order valence-corrected chi connectivity index (χ4v) is 6.30. The summed E-state index contributed by atoms with van der Waals surface area (Å²) in [5, 5.41) is 15.2. The van der Waals surface area contributed by atoms with Gasteiger partial charge in [0, 0.05) is 12.0 Å². The molecule has 35 heavy (non-hydrogen) atoms. The molecule has 182 valence electrons. The third-order valence-electron chi connectivity index (χ3n) is 8.40. The molecular weight excluding hydrogens is 444 g/mol. The third-order valence-corrected chi connectivity index (χ3v) is 8.40. The molecule has 3 fully saturated rings. The van der Waals surface area contributed by atoms with Crippen LogP contribution in [0.4, 0.5) is 4.79 Å². The molecule has 0 bridgehead atoms. The quantitative estimate of drug-likeness (QED) is 0.535. The van der Waals surface area contributed by atoms with Crippen molar-refractivity contribution in [2.24, 2.45) is 17.3 Å². The lowest BCUT2D eigenvalue weighted by Crippen LogP contribution is -2.45. The summed E-state index contributed by atoms with van der Waals surface area (Å²) in [7, 11) is 0. The maximum absolute atomic E-state index is 13.0. The molecule has 7 heteroatoms. The van der Waals surface area contributed by atoms with E-state index in [2.05, 4.69) is 34.9 Å². The van der Waals surface area contributed by atoms with Crippen molar-refractivity contribution >= 4 is 18.0 Å². The van der Waals surface area contributed by atoms with Crippen LogP contribution in [0, 0.1) is 17.3 Å². The van der Waals surface area contributed by atoms with Gasteiger partial charge >= 0.3 is 12.1 Å². The minimum Gasteiger partial charge on any atom is -0.480 e. The fraction of sp³-hybridized carbons (Fsp3) is 0.464. The highest BCUT2D eigenvalue weighted by Gasteiger charge is 2.65. The molecule has 3 saturated carbocycles. The molecule has 0 aromatic heterocycles. The number of benzene rings is 2. The van der Waals surface area contributed by atoms with Gasteiger partial charge in [0.2, 0.25) is 5.91 Å². The molecule has 4 atom stereocenters. The molecule has 3 N–H and O–H groups in total. The van der Waals surface area contributed by atoms with Crippen molar-refractivity contribution in [3.63, 3.8) is 0 Å². The molecule has 2 aromatic rings. The zero-order valence-corrected chi connectivity index (χ0v) is 19.5. The lowest BCUT2D eigenvalue weighted by Gasteiger charge is -2.21. The largest absolute Gasteiger partial charge is 0.480 e. The van der Waals surface area contributed by atoms with Crippen LogP contribution in [0.15, 0.2) is 48.5 Å². The number of nitrogens with one attached hydrogen (secondary N) is 2. The number of carbonyl (C=O) groups is 3. The third kappa shape index (κ3) is 4.07. The van der Waals surface area contributed by atoms with Crippen LogP contribution in [-0.2, 0) is 14.3 Å². The van der Waals surface area contributed by atoms with Gasteiger partial charge in [-0.05, 0) is 59.8 Å². The van der Waals surface area contributed by atoms with E-state index in [0.717, 1.165) is 25.7 Å². The van der Waals surface area contributed by atoms with Crippen molar-refractivity contribution < 1.29 is 24.2 Å². The predicted molar refractivity (Wildman–Crippen MR) is 129 cm³/mol. The molecule has 0 aliphatic heterocycles. The predicted octanol–water partition coefficient (Wildman–Crippen LogP) is 4.06.